The first kappa shape index (κ1) is 12.3. The highest BCUT2D eigenvalue weighted by Gasteiger charge is 2.06. The molecular formula is C15H19NS. The quantitative estimate of drug-likeness (QED) is 0.777. The lowest BCUT2D eigenvalue weighted by Gasteiger charge is -2.03. The van der Waals surface area contributed by atoms with E-state index in [-0.39, 0.29) is 0 Å². The first-order chi connectivity index (χ1) is 8.04. The predicted octanol–water partition coefficient (Wildman–Crippen LogP) is 4.47. The lowest BCUT2D eigenvalue weighted by atomic mass is 10.1. The molecule has 0 N–H and O–H groups in total. The fourth-order valence-electron chi connectivity index (χ4n) is 2.02. The van der Waals surface area contributed by atoms with Crippen molar-refractivity contribution in [3.63, 3.8) is 0 Å². The van der Waals surface area contributed by atoms with E-state index in [0.717, 1.165) is 6.42 Å². The van der Waals surface area contributed by atoms with Crippen LogP contribution < -0.4 is 0 Å². The number of thiazole rings is 1. The van der Waals surface area contributed by atoms with E-state index < -0.39 is 0 Å². The summed E-state index contributed by atoms with van der Waals surface area (Å²) in [7, 11) is 0. The highest BCUT2D eigenvalue weighted by atomic mass is 32.1. The van der Waals surface area contributed by atoms with Gasteiger partial charge in [-0.25, -0.2) is 4.98 Å². The molecule has 0 fully saturated rings. The molecule has 0 aliphatic rings. The van der Waals surface area contributed by atoms with E-state index in [0.29, 0.717) is 5.92 Å². The number of benzene rings is 1. The van der Waals surface area contributed by atoms with Crippen molar-refractivity contribution < 1.29 is 0 Å². The number of rotatable bonds is 3. The molecule has 1 aromatic heterocycles. The summed E-state index contributed by atoms with van der Waals surface area (Å²) >= 11 is 1.84. The van der Waals surface area contributed by atoms with Gasteiger partial charge in [-0.15, -0.1) is 11.3 Å². The van der Waals surface area contributed by atoms with Gasteiger partial charge in [-0.3, -0.25) is 0 Å². The van der Waals surface area contributed by atoms with Gasteiger partial charge in [-0.2, -0.15) is 0 Å². The Morgan fingerprint density at radius 3 is 2.29 bits per heavy atom. The van der Waals surface area contributed by atoms with Crippen LogP contribution in [0.5, 0.6) is 0 Å². The summed E-state index contributed by atoms with van der Waals surface area (Å²) in [6.07, 6.45) is 2.98. The molecule has 0 unspecified atom stereocenters. The molecule has 90 valence electrons. The molecule has 1 nitrogen and oxygen atoms in total. The van der Waals surface area contributed by atoms with Gasteiger partial charge in [0.15, 0.2) is 0 Å². The normalized spacial score (nSPS) is 11.1. The van der Waals surface area contributed by atoms with Crippen LogP contribution in [0, 0.1) is 13.8 Å². The van der Waals surface area contributed by atoms with E-state index in [2.05, 4.69) is 50.9 Å². The molecular weight excluding hydrogens is 226 g/mol. The number of aryl methyl sites for hydroxylation is 2. The molecule has 0 radical (unpaired) electrons. The number of hydrogen-bond acceptors (Lipinski definition) is 2. The molecule has 2 aromatic rings. The smallest absolute Gasteiger partial charge is 0.0971 e. The molecule has 2 heteroatoms. The SMILES string of the molecule is Cc1cc(C)cc(Cc2ncc(C(C)C)s2)c1. The van der Waals surface area contributed by atoms with Crippen molar-refractivity contribution in [1.82, 2.24) is 4.98 Å². The number of nitrogens with zero attached hydrogens (tertiary/aromatic N) is 1. The Morgan fingerprint density at radius 1 is 1.12 bits per heavy atom. The Morgan fingerprint density at radius 2 is 1.76 bits per heavy atom. The van der Waals surface area contributed by atoms with Crippen molar-refractivity contribution in [3.05, 3.63) is 51.0 Å². The second kappa shape index (κ2) is 5.01. The van der Waals surface area contributed by atoms with Gasteiger partial charge >= 0.3 is 0 Å². The van der Waals surface area contributed by atoms with Gasteiger partial charge in [0.1, 0.15) is 0 Å². The third-order valence-corrected chi connectivity index (χ3v) is 4.08. The molecule has 0 saturated carbocycles. The molecule has 0 bridgehead atoms. The van der Waals surface area contributed by atoms with E-state index in [1.807, 2.05) is 17.5 Å². The first-order valence-corrected chi connectivity index (χ1v) is 6.88. The summed E-state index contributed by atoms with van der Waals surface area (Å²) in [6.45, 7) is 8.73. The van der Waals surface area contributed by atoms with E-state index in [1.54, 1.807) is 0 Å². The maximum absolute atomic E-state index is 4.51. The van der Waals surface area contributed by atoms with Crippen molar-refractivity contribution in [2.75, 3.05) is 0 Å². The van der Waals surface area contributed by atoms with Gasteiger partial charge in [0, 0.05) is 17.5 Å². The van der Waals surface area contributed by atoms with Gasteiger partial charge in [0.25, 0.3) is 0 Å². The van der Waals surface area contributed by atoms with Crippen LogP contribution in [0.15, 0.2) is 24.4 Å². The Bertz CT molecular complexity index is 491. The molecule has 0 atom stereocenters. The summed E-state index contributed by atoms with van der Waals surface area (Å²) in [6, 6.07) is 6.72. The molecule has 0 aliphatic heterocycles. The van der Waals surface area contributed by atoms with E-state index in [4.69, 9.17) is 0 Å². The van der Waals surface area contributed by atoms with Crippen LogP contribution in [0.3, 0.4) is 0 Å². The number of aromatic nitrogens is 1. The lowest BCUT2D eigenvalue weighted by molar-refractivity contribution is 0.885. The van der Waals surface area contributed by atoms with Crippen LogP contribution in [-0.4, -0.2) is 4.98 Å². The molecule has 0 saturated heterocycles. The molecule has 0 spiro atoms. The van der Waals surface area contributed by atoms with Gasteiger partial charge < -0.3 is 0 Å². The minimum Gasteiger partial charge on any atom is -0.249 e. The van der Waals surface area contributed by atoms with E-state index >= 15 is 0 Å². The Labute approximate surface area is 108 Å². The van der Waals surface area contributed by atoms with Crippen LogP contribution in [-0.2, 0) is 6.42 Å². The molecule has 2 rings (SSSR count). The standard InChI is InChI=1S/C15H19NS/c1-10(2)14-9-16-15(17-14)8-13-6-11(3)5-12(4)7-13/h5-7,9-10H,8H2,1-4H3. The highest BCUT2D eigenvalue weighted by Crippen LogP contribution is 2.24. The molecule has 17 heavy (non-hydrogen) atoms. The maximum atomic E-state index is 4.51. The summed E-state index contributed by atoms with van der Waals surface area (Å²) in [5.41, 5.74) is 4.04. The fourth-order valence-corrected chi connectivity index (χ4v) is 2.98. The largest absolute Gasteiger partial charge is 0.249 e. The lowest BCUT2D eigenvalue weighted by Crippen LogP contribution is -1.89. The summed E-state index contributed by atoms with van der Waals surface area (Å²) in [5, 5.41) is 1.22. The fraction of sp³-hybridized carbons (Fsp3) is 0.400. The van der Waals surface area contributed by atoms with Crippen LogP contribution in [0.25, 0.3) is 0 Å². The Hall–Kier alpha value is -1.15. The van der Waals surface area contributed by atoms with Gasteiger partial charge in [-0.05, 0) is 25.3 Å². The molecule has 1 aromatic carbocycles. The highest BCUT2D eigenvalue weighted by molar-refractivity contribution is 7.11. The van der Waals surface area contributed by atoms with Crippen LogP contribution >= 0.6 is 11.3 Å². The third kappa shape index (κ3) is 3.16. The van der Waals surface area contributed by atoms with E-state index in [1.165, 1.54) is 26.6 Å². The summed E-state index contributed by atoms with van der Waals surface area (Å²) in [5.74, 6) is 0.584. The maximum Gasteiger partial charge on any atom is 0.0971 e. The van der Waals surface area contributed by atoms with Crippen molar-refractivity contribution in [2.45, 2.75) is 40.0 Å². The van der Waals surface area contributed by atoms with Gasteiger partial charge in [0.2, 0.25) is 0 Å². The zero-order valence-corrected chi connectivity index (χ0v) is 11.8. The second-order valence-electron chi connectivity index (χ2n) is 4.98. The van der Waals surface area contributed by atoms with Crippen LogP contribution in [0.1, 0.15) is 46.3 Å². The monoisotopic (exact) mass is 245 g/mol. The van der Waals surface area contributed by atoms with Crippen LogP contribution in [0.4, 0.5) is 0 Å². The minimum atomic E-state index is 0.584. The van der Waals surface area contributed by atoms with Crippen molar-refractivity contribution >= 4 is 11.3 Å². The van der Waals surface area contributed by atoms with Gasteiger partial charge in [-0.1, -0.05) is 43.2 Å². The zero-order chi connectivity index (χ0) is 12.4. The number of hydrogen-bond donors (Lipinski definition) is 0. The topological polar surface area (TPSA) is 12.9 Å². The molecule has 0 aliphatic carbocycles. The zero-order valence-electron chi connectivity index (χ0n) is 10.9. The second-order valence-corrected chi connectivity index (χ2v) is 6.13. The Balaban J connectivity index is 2.19. The Kier molecular flexibility index (Phi) is 3.63. The van der Waals surface area contributed by atoms with Crippen molar-refractivity contribution in [1.29, 1.82) is 0 Å². The molecule has 0 amide bonds. The summed E-state index contributed by atoms with van der Waals surface area (Å²) < 4.78 is 0. The van der Waals surface area contributed by atoms with E-state index in [9.17, 15) is 0 Å². The molecule has 1 heterocycles. The van der Waals surface area contributed by atoms with Crippen molar-refractivity contribution in [3.8, 4) is 0 Å². The first-order valence-electron chi connectivity index (χ1n) is 6.06. The average Bonchev–Trinajstić information content (AvgIpc) is 2.64. The summed E-state index contributed by atoms with van der Waals surface area (Å²) in [4.78, 5) is 5.89. The van der Waals surface area contributed by atoms with Gasteiger partial charge in [0.05, 0.1) is 5.01 Å². The average molecular weight is 245 g/mol. The minimum absolute atomic E-state index is 0.584. The van der Waals surface area contributed by atoms with Crippen LogP contribution in [0.2, 0.25) is 0 Å². The predicted molar refractivity (Wildman–Crippen MR) is 74.9 cm³/mol. The third-order valence-electron chi connectivity index (χ3n) is 2.78. The van der Waals surface area contributed by atoms with Crippen molar-refractivity contribution in [2.24, 2.45) is 0 Å².